The number of ether oxygens (including phenoxy) is 1. The minimum atomic E-state index is 0.0381. The van der Waals surface area contributed by atoms with Gasteiger partial charge in [-0.1, -0.05) is 6.42 Å². The maximum absolute atomic E-state index is 11.8. The molecule has 1 spiro atoms. The highest BCUT2D eigenvalue weighted by atomic mass is 16.5. The Labute approximate surface area is 98.1 Å². The van der Waals surface area contributed by atoms with Gasteiger partial charge in [-0.25, -0.2) is 0 Å². The largest absolute Gasteiger partial charge is 0.466 e. The van der Waals surface area contributed by atoms with Gasteiger partial charge in [-0.3, -0.25) is 4.79 Å². The third-order valence-corrected chi connectivity index (χ3v) is 4.19. The van der Waals surface area contributed by atoms with Crippen molar-refractivity contribution in [3.05, 3.63) is 0 Å². The summed E-state index contributed by atoms with van der Waals surface area (Å²) in [5, 5.41) is 0. The van der Waals surface area contributed by atoms with Crippen LogP contribution in [0, 0.1) is 11.3 Å². The third kappa shape index (κ3) is 2.40. The van der Waals surface area contributed by atoms with Crippen molar-refractivity contribution in [2.75, 3.05) is 26.7 Å². The Morgan fingerprint density at radius 1 is 1.50 bits per heavy atom. The standard InChI is InChI=1S/C13H23NO2/c1-3-16-12(15)11-5-4-6-13(9-11)7-8-14(2)10-13/h11H,3-10H2,1-2H3. The molecule has 1 aliphatic heterocycles. The fourth-order valence-electron chi connectivity index (χ4n) is 3.44. The van der Waals surface area contributed by atoms with Crippen molar-refractivity contribution in [3.8, 4) is 0 Å². The number of likely N-dealkylation sites (tertiary alicyclic amines) is 1. The molecule has 0 aromatic heterocycles. The maximum atomic E-state index is 11.8. The SMILES string of the molecule is CCOC(=O)C1CCCC2(CCN(C)C2)C1. The topological polar surface area (TPSA) is 29.5 Å². The van der Waals surface area contributed by atoms with Crippen LogP contribution in [0.4, 0.5) is 0 Å². The third-order valence-electron chi connectivity index (χ3n) is 4.19. The lowest BCUT2D eigenvalue weighted by atomic mass is 9.69. The normalized spacial score (nSPS) is 35.5. The van der Waals surface area contributed by atoms with Gasteiger partial charge in [0.05, 0.1) is 12.5 Å². The van der Waals surface area contributed by atoms with Gasteiger partial charge in [0.2, 0.25) is 0 Å². The minimum Gasteiger partial charge on any atom is -0.466 e. The molecule has 0 aromatic rings. The number of rotatable bonds is 2. The van der Waals surface area contributed by atoms with Crippen molar-refractivity contribution < 1.29 is 9.53 Å². The average Bonchev–Trinajstić information content (AvgIpc) is 2.60. The summed E-state index contributed by atoms with van der Waals surface area (Å²) in [4.78, 5) is 14.2. The molecule has 2 unspecified atom stereocenters. The molecular formula is C13H23NO2. The summed E-state index contributed by atoms with van der Waals surface area (Å²) in [5.41, 5.74) is 0.421. The second kappa shape index (κ2) is 4.74. The highest BCUT2D eigenvalue weighted by Crippen LogP contribution is 2.45. The molecule has 0 radical (unpaired) electrons. The molecule has 1 aliphatic carbocycles. The highest BCUT2D eigenvalue weighted by Gasteiger charge is 2.42. The fraction of sp³-hybridized carbons (Fsp3) is 0.923. The monoisotopic (exact) mass is 225 g/mol. The van der Waals surface area contributed by atoms with Crippen LogP contribution in [-0.4, -0.2) is 37.6 Å². The highest BCUT2D eigenvalue weighted by molar-refractivity contribution is 5.72. The Hall–Kier alpha value is -0.570. The van der Waals surface area contributed by atoms with Gasteiger partial charge in [0.1, 0.15) is 0 Å². The van der Waals surface area contributed by atoms with Crippen LogP contribution >= 0.6 is 0 Å². The van der Waals surface area contributed by atoms with Crippen molar-refractivity contribution >= 4 is 5.97 Å². The van der Waals surface area contributed by atoms with Gasteiger partial charge in [-0.05, 0) is 51.6 Å². The van der Waals surface area contributed by atoms with Gasteiger partial charge in [0.25, 0.3) is 0 Å². The molecule has 2 rings (SSSR count). The second-order valence-electron chi connectivity index (χ2n) is 5.53. The van der Waals surface area contributed by atoms with E-state index in [9.17, 15) is 4.79 Å². The van der Waals surface area contributed by atoms with Gasteiger partial charge in [0.15, 0.2) is 0 Å². The first-order valence-corrected chi connectivity index (χ1v) is 6.50. The summed E-state index contributed by atoms with van der Waals surface area (Å²) < 4.78 is 5.16. The Morgan fingerprint density at radius 2 is 2.31 bits per heavy atom. The molecule has 0 bridgehead atoms. The summed E-state index contributed by atoms with van der Waals surface area (Å²) in [7, 11) is 2.18. The van der Waals surface area contributed by atoms with Gasteiger partial charge < -0.3 is 9.64 Å². The molecule has 3 nitrogen and oxygen atoms in total. The van der Waals surface area contributed by atoms with Crippen molar-refractivity contribution in [2.45, 2.75) is 39.0 Å². The first kappa shape index (κ1) is 11.9. The van der Waals surface area contributed by atoms with Gasteiger partial charge >= 0.3 is 5.97 Å². The van der Waals surface area contributed by atoms with E-state index in [0.29, 0.717) is 12.0 Å². The quantitative estimate of drug-likeness (QED) is 0.674. The van der Waals surface area contributed by atoms with Crippen LogP contribution in [0.2, 0.25) is 0 Å². The van der Waals surface area contributed by atoms with E-state index in [1.165, 1.54) is 32.4 Å². The number of esters is 1. The Balaban J connectivity index is 1.96. The van der Waals surface area contributed by atoms with Crippen LogP contribution in [0.1, 0.15) is 39.0 Å². The van der Waals surface area contributed by atoms with Gasteiger partial charge in [0, 0.05) is 6.54 Å². The van der Waals surface area contributed by atoms with E-state index in [1.807, 2.05) is 6.92 Å². The number of nitrogens with zero attached hydrogens (tertiary/aromatic N) is 1. The lowest BCUT2D eigenvalue weighted by molar-refractivity contribution is -0.150. The van der Waals surface area contributed by atoms with Crippen LogP contribution in [0.5, 0.6) is 0 Å². The molecule has 92 valence electrons. The molecule has 2 atom stereocenters. The summed E-state index contributed by atoms with van der Waals surface area (Å²) in [6.07, 6.45) is 5.84. The molecule has 0 amide bonds. The van der Waals surface area contributed by atoms with Gasteiger partial charge in [-0.15, -0.1) is 0 Å². The predicted octanol–water partition coefficient (Wildman–Crippen LogP) is 2.06. The molecule has 16 heavy (non-hydrogen) atoms. The zero-order valence-electron chi connectivity index (χ0n) is 10.5. The lowest BCUT2D eigenvalue weighted by Crippen LogP contribution is -2.35. The van der Waals surface area contributed by atoms with E-state index in [4.69, 9.17) is 4.74 Å². The Kier molecular flexibility index (Phi) is 3.53. The summed E-state index contributed by atoms with van der Waals surface area (Å²) in [6.45, 7) is 4.76. The first-order valence-electron chi connectivity index (χ1n) is 6.50. The maximum Gasteiger partial charge on any atom is 0.308 e. The Morgan fingerprint density at radius 3 is 2.94 bits per heavy atom. The fourth-order valence-corrected chi connectivity index (χ4v) is 3.44. The molecule has 0 N–H and O–H groups in total. The Bertz CT molecular complexity index is 263. The number of carbonyl (C=O) groups is 1. The van der Waals surface area contributed by atoms with Crippen molar-refractivity contribution in [1.29, 1.82) is 0 Å². The van der Waals surface area contributed by atoms with Crippen LogP contribution in [-0.2, 0) is 9.53 Å². The minimum absolute atomic E-state index is 0.0381. The zero-order valence-corrected chi connectivity index (χ0v) is 10.5. The number of hydrogen-bond acceptors (Lipinski definition) is 3. The predicted molar refractivity (Wildman–Crippen MR) is 63.1 cm³/mol. The molecule has 1 heterocycles. The van der Waals surface area contributed by atoms with Crippen LogP contribution in [0.25, 0.3) is 0 Å². The molecule has 2 fully saturated rings. The number of hydrogen-bond donors (Lipinski definition) is 0. The number of carbonyl (C=O) groups excluding carboxylic acids is 1. The molecule has 3 heteroatoms. The average molecular weight is 225 g/mol. The molecule has 1 saturated carbocycles. The van der Waals surface area contributed by atoms with Crippen molar-refractivity contribution in [2.24, 2.45) is 11.3 Å². The van der Waals surface area contributed by atoms with Gasteiger partial charge in [-0.2, -0.15) is 0 Å². The van der Waals surface area contributed by atoms with E-state index in [1.54, 1.807) is 0 Å². The van der Waals surface area contributed by atoms with E-state index >= 15 is 0 Å². The van der Waals surface area contributed by atoms with Crippen LogP contribution in [0.15, 0.2) is 0 Å². The summed E-state index contributed by atoms with van der Waals surface area (Å²) in [5.74, 6) is 0.205. The van der Waals surface area contributed by atoms with Crippen LogP contribution in [0.3, 0.4) is 0 Å². The first-order chi connectivity index (χ1) is 7.65. The second-order valence-corrected chi connectivity index (χ2v) is 5.53. The lowest BCUT2D eigenvalue weighted by Gasteiger charge is -2.36. The van der Waals surface area contributed by atoms with E-state index in [-0.39, 0.29) is 11.9 Å². The molecule has 0 aromatic carbocycles. The molecule has 1 saturated heterocycles. The van der Waals surface area contributed by atoms with Crippen molar-refractivity contribution in [1.82, 2.24) is 4.90 Å². The smallest absolute Gasteiger partial charge is 0.308 e. The van der Waals surface area contributed by atoms with E-state index in [2.05, 4.69) is 11.9 Å². The van der Waals surface area contributed by atoms with E-state index in [0.717, 1.165) is 12.8 Å². The summed E-state index contributed by atoms with van der Waals surface area (Å²) >= 11 is 0. The van der Waals surface area contributed by atoms with E-state index < -0.39 is 0 Å². The molecular weight excluding hydrogens is 202 g/mol. The van der Waals surface area contributed by atoms with Crippen molar-refractivity contribution in [3.63, 3.8) is 0 Å². The summed E-state index contributed by atoms with van der Waals surface area (Å²) in [6, 6.07) is 0. The zero-order chi connectivity index (χ0) is 11.6. The van der Waals surface area contributed by atoms with Crippen LogP contribution < -0.4 is 0 Å². The molecule has 2 aliphatic rings.